The van der Waals surface area contributed by atoms with E-state index in [1.54, 1.807) is 0 Å². The van der Waals surface area contributed by atoms with E-state index in [1.165, 1.54) is 11.1 Å². The summed E-state index contributed by atoms with van der Waals surface area (Å²) in [5.41, 5.74) is 2.79. The molecule has 0 unspecified atom stereocenters. The van der Waals surface area contributed by atoms with Crippen molar-refractivity contribution in [2.75, 3.05) is 32.8 Å². The van der Waals surface area contributed by atoms with E-state index >= 15 is 0 Å². The number of aliphatic imine (C=N–C) groups is 1. The number of nitrogens with zero attached hydrogens (tertiary/aromatic N) is 1. The van der Waals surface area contributed by atoms with E-state index in [0.29, 0.717) is 0 Å². The third kappa shape index (κ3) is 6.21. The lowest BCUT2D eigenvalue weighted by molar-refractivity contribution is -0.0945. The minimum absolute atomic E-state index is 0. The fourth-order valence-electron chi connectivity index (χ4n) is 3.15. The Morgan fingerprint density at radius 2 is 1.56 bits per heavy atom. The van der Waals surface area contributed by atoms with E-state index in [9.17, 15) is 0 Å². The maximum absolute atomic E-state index is 5.33. The topological polar surface area (TPSA) is 45.7 Å². The van der Waals surface area contributed by atoms with Crippen LogP contribution >= 0.6 is 24.0 Å². The van der Waals surface area contributed by atoms with Gasteiger partial charge in [-0.1, -0.05) is 67.6 Å². The fraction of sp³-hybridized carbons (Fsp3) is 0.409. The predicted octanol–water partition coefficient (Wildman–Crippen LogP) is 4.03. The second-order valence-electron chi connectivity index (χ2n) is 7.25. The van der Waals surface area contributed by atoms with Crippen LogP contribution < -0.4 is 10.6 Å². The van der Waals surface area contributed by atoms with Crippen LogP contribution in [-0.2, 0) is 4.74 Å². The van der Waals surface area contributed by atoms with Crippen molar-refractivity contribution in [1.29, 1.82) is 0 Å². The van der Waals surface area contributed by atoms with E-state index in [-0.39, 0.29) is 35.3 Å². The molecule has 0 radical (unpaired) electrons. The predicted molar refractivity (Wildman–Crippen MR) is 123 cm³/mol. The standard InChI is InChI=1S/C22H29N3O.HI/c1-3-23-21(25-15-22(2)16-26-17-22)24-14-20(18-10-6-4-7-11-18)19-12-8-5-9-13-19;/h4-13,20H,3,14-17H2,1-2H3,(H2,23,24,25);1H. The molecule has 2 aromatic carbocycles. The summed E-state index contributed by atoms with van der Waals surface area (Å²) >= 11 is 0. The maximum atomic E-state index is 5.33. The van der Waals surface area contributed by atoms with Crippen LogP contribution in [0, 0.1) is 5.41 Å². The maximum Gasteiger partial charge on any atom is 0.191 e. The Bertz CT molecular complexity index is 663. The molecule has 0 spiro atoms. The Morgan fingerprint density at radius 3 is 2.00 bits per heavy atom. The van der Waals surface area contributed by atoms with Gasteiger partial charge in [0.2, 0.25) is 0 Å². The second kappa shape index (κ2) is 10.7. The van der Waals surface area contributed by atoms with Gasteiger partial charge in [-0.15, -0.1) is 24.0 Å². The number of guanidine groups is 1. The van der Waals surface area contributed by atoms with Gasteiger partial charge >= 0.3 is 0 Å². The van der Waals surface area contributed by atoms with Crippen molar-refractivity contribution in [2.24, 2.45) is 10.4 Å². The molecule has 27 heavy (non-hydrogen) atoms. The van der Waals surface area contributed by atoms with Crippen LogP contribution in [0.25, 0.3) is 0 Å². The quantitative estimate of drug-likeness (QED) is 0.358. The molecule has 1 saturated heterocycles. The summed E-state index contributed by atoms with van der Waals surface area (Å²) in [6.45, 7) is 8.34. The highest BCUT2D eigenvalue weighted by molar-refractivity contribution is 14.0. The molecule has 0 atom stereocenters. The summed E-state index contributed by atoms with van der Waals surface area (Å²) < 4.78 is 5.33. The van der Waals surface area contributed by atoms with Crippen molar-refractivity contribution in [2.45, 2.75) is 19.8 Å². The number of hydrogen-bond acceptors (Lipinski definition) is 2. The van der Waals surface area contributed by atoms with Crippen LogP contribution in [0.2, 0.25) is 0 Å². The first kappa shape index (κ1) is 21.7. The first-order valence-corrected chi connectivity index (χ1v) is 9.40. The summed E-state index contributed by atoms with van der Waals surface area (Å²) in [7, 11) is 0. The van der Waals surface area contributed by atoms with Gasteiger partial charge in [-0.25, -0.2) is 0 Å². The zero-order valence-electron chi connectivity index (χ0n) is 16.2. The summed E-state index contributed by atoms with van der Waals surface area (Å²) in [6, 6.07) is 21.3. The molecule has 3 rings (SSSR count). The van der Waals surface area contributed by atoms with Gasteiger partial charge in [0.25, 0.3) is 0 Å². The van der Waals surface area contributed by atoms with Crippen LogP contribution in [0.4, 0.5) is 0 Å². The first-order chi connectivity index (χ1) is 12.7. The van der Waals surface area contributed by atoms with Crippen molar-refractivity contribution in [3.63, 3.8) is 0 Å². The number of halogens is 1. The fourth-order valence-corrected chi connectivity index (χ4v) is 3.15. The molecule has 0 aliphatic carbocycles. The van der Waals surface area contributed by atoms with Gasteiger partial charge in [-0.05, 0) is 18.1 Å². The molecular weight excluding hydrogens is 449 g/mol. The molecule has 0 bridgehead atoms. The molecule has 4 nitrogen and oxygen atoms in total. The summed E-state index contributed by atoms with van der Waals surface area (Å²) in [5, 5.41) is 6.90. The molecular formula is C22H30IN3O. The molecule has 1 aliphatic heterocycles. The first-order valence-electron chi connectivity index (χ1n) is 9.40. The summed E-state index contributed by atoms with van der Waals surface area (Å²) in [4.78, 5) is 4.78. The Kier molecular flexibility index (Phi) is 8.57. The van der Waals surface area contributed by atoms with Crippen molar-refractivity contribution in [3.8, 4) is 0 Å². The highest BCUT2D eigenvalue weighted by atomic mass is 127. The molecule has 1 heterocycles. The van der Waals surface area contributed by atoms with E-state index in [4.69, 9.17) is 9.73 Å². The average molecular weight is 479 g/mol. The van der Waals surface area contributed by atoms with Gasteiger partial charge in [0, 0.05) is 24.4 Å². The monoisotopic (exact) mass is 479 g/mol. The van der Waals surface area contributed by atoms with Crippen molar-refractivity contribution >= 4 is 29.9 Å². The molecule has 0 saturated carbocycles. The van der Waals surface area contributed by atoms with Crippen LogP contribution in [0.15, 0.2) is 65.7 Å². The SMILES string of the molecule is CCNC(=NCC1(C)COC1)NCC(c1ccccc1)c1ccccc1.I. The Labute approximate surface area is 179 Å². The van der Waals surface area contributed by atoms with Gasteiger partial charge in [0.05, 0.1) is 19.8 Å². The van der Waals surface area contributed by atoms with E-state index < -0.39 is 0 Å². The average Bonchev–Trinajstić information content (AvgIpc) is 2.66. The van der Waals surface area contributed by atoms with Gasteiger partial charge in [-0.2, -0.15) is 0 Å². The van der Waals surface area contributed by atoms with Gasteiger partial charge in [0.1, 0.15) is 0 Å². The molecule has 146 valence electrons. The number of ether oxygens (including phenoxy) is 1. The van der Waals surface area contributed by atoms with E-state index in [1.807, 2.05) is 0 Å². The lowest BCUT2D eigenvalue weighted by Crippen LogP contribution is -2.45. The number of nitrogens with one attached hydrogen (secondary N) is 2. The molecule has 1 fully saturated rings. The molecule has 5 heteroatoms. The Balaban J connectivity index is 0.00000261. The molecule has 0 amide bonds. The number of hydrogen-bond donors (Lipinski definition) is 2. The van der Waals surface area contributed by atoms with Crippen molar-refractivity contribution in [1.82, 2.24) is 10.6 Å². The van der Waals surface area contributed by atoms with Crippen LogP contribution in [0.3, 0.4) is 0 Å². The lowest BCUT2D eigenvalue weighted by atomic mass is 9.89. The normalized spacial score (nSPS) is 15.6. The highest BCUT2D eigenvalue weighted by Gasteiger charge is 2.33. The molecule has 2 aromatic rings. The van der Waals surface area contributed by atoms with Crippen LogP contribution in [0.5, 0.6) is 0 Å². The second-order valence-corrected chi connectivity index (χ2v) is 7.25. The van der Waals surface area contributed by atoms with Gasteiger partial charge in [-0.3, -0.25) is 4.99 Å². The Morgan fingerprint density at radius 1 is 1.00 bits per heavy atom. The lowest BCUT2D eigenvalue weighted by Gasteiger charge is -2.36. The third-order valence-corrected chi connectivity index (χ3v) is 4.74. The largest absolute Gasteiger partial charge is 0.380 e. The zero-order chi connectivity index (χ0) is 18.2. The smallest absolute Gasteiger partial charge is 0.191 e. The number of benzene rings is 2. The minimum atomic E-state index is 0. The Hall–Kier alpha value is -1.60. The summed E-state index contributed by atoms with van der Waals surface area (Å²) in [5.74, 6) is 1.15. The van der Waals surface area contributed by atoms with E-state index in [0.717, 1.165) is 38.8 Å². The minimum Gasteiger partial charge on any atom is -0.380 e. The molecule has 1 aliphatic rings. The van der Waals surface area contributed by atoms with Crippen LogP contribution in [0.1, 0.15) is 30.9 Å². The molecule has 2 N–H and O–H groups in total. The van der Waals surface area contributed by atoms with Crippen molar-refractivity contribution < 1.29 is 4.74 Å². The van der Waals surface area contributed by atoms with E-state index in [2.05, 4.69) is 85.1 Å². The van der Waals surface area contributed by atoms with Crippen molar-refractivity contribution in [3.05, 3.63) is 71.8 Å². The number of rotatable bonds is 7. The van der Waals surface area contributed by atoms with Crippen LogP contribution in [-0.4, -0.2) is 38.8 Å². The molecule has 0 aromatic heterocycles. The van der Waals surface area contributed by atoms with Gasteiger partial charge in [0.15, 0.2) is 5.96 Å². The zero-order valence-corrected chi connectivity index (χ0v) is 18.5. The highest BCUT2D eigenvalue weighted by Crippen LogP contribution is 2.26. The summed E-state index contributed by atoms with van der Waals surface area (Å²) in [6.07, 6.45) is 0. The third-order valence-electron chi connectivity index (χ3n) is 4.74. The van der Waals surface area contributed by atoms with Gasteiger partial charge < -0.3 is 15.4 Å².